The Hall–Kier alpha value is -2.04. The van der Waals surface area contributed by atoms with Crippen molar-refractivity contribution in [3.05, 3.63) is 29.3 Å². The Morgan fingerprint density at radius 1 is 1.42 bits per heavy atom. The quantitative estimate of drug-likeness (QED) is 0.797. The molecule has 104 valence electrons. The lowest BCUT2D eigenvalue weighted by Gasteiger charge is -2.21. The minimum Gasteiger partial charge on any atom is -0.398 e. The van der Waals surface area contributed by atoms with E-state index in [0.717, 1.165) is 5.56 Å². The number of aryl methyl sites for hydroxylation is 1. The van der Waals surface area contributed by atoms with E-state index in [2.05, 4.69) is 5.32 Å². The Morgan fingerprint density at radius 3 is 2.63 bits per heavy atom. The molecule has 2 amide bonds. The van der Waals surface area contributed by atoms with Crippen LogP contribution in [0.4, 0.5) is 5.69 Å². The summed E-state index contributed by atoms with van der Waals surface area (Å²) in [5.41, 5.74) is 7.73. The van der Waals surface area contributed by atoms with Gasteiger partial charge in [0, 0.05) is 26.3 Å². The van der Waals surface area contributed by atoms with E-state index in [-0.39, 0.29) is 17.7 Å². The summed E-state index contributed by atoms with van der Waals surface area (Å²) in [4.78, 5) is 25.3. The summed E-state index contributed by atoms with van der Waals surface area (Å²) in [5, 5.41) is 2.57. The molecule has 1 aromatic carbocycles. The molecule has 1 unspecified atom stereocenters. The molecule has 5 nitrogen and oxygen atoms in total. The Labute approximate surface area is 113 Å². The van der Waals surface area contributed by atoms with Crippen molar-refractivity contribution in [2.75, 3.05) is 26.4 Å². The Kier molecular flexibility index (Phi) is 4.92. The van der Waals surface area contributed by atoms with Crippen LogP contribution in [0.25, 0.3) is 0 Å². The number of nitrogens with two attached hydrogens (primary N) is 1. The zero-order valence-corrected chi connectivity index (χ0v) is 11.9. The van der Waals surface area contributed by atoms with Crippen LogP contribution in [0.1, 0.15) is 22.8 Å². The van der Waals surface area contributed by atoms with Crippen molar-refractivity contribution in [2.45, 2.75) is 13.8 Å². The van der Waals surface area contributed by atoms with Crippen LogP contribution in [-0.2, 0) is 4.79 Å². The Bertz CT molecular complexity index is 486. The number of anilines is 1. The van der Waals surface area contributed by atoms with Gasteiger partial charge in [-0.2, -0.15) is 0 Å². The van der Waals surface area contributed by atoms with E-state index < -0.39 is 0 Å². The number of nitrogen functional groups attached to an aromatic ring is 1. The molecule has 0 saturated heterocycles. The van der Waals surface area contributed by atoms with Crippen molar-refractivity contribution in [1.82, 2.24) is 10.2 Å². The van der Waals surface area contributed by atoms with Gasteiger partial charge in [0.1, 0.15) is 0 Å². The maximum atomic E-state index is 12.3. The van der Waals surface area contributed by atoms with E-state index in [1.807, 2.05) is 13.0 Å². The SMILES string of the molecule is CNC(=O)C(C)CN(C)C(=O)c1cc(C)ccc1N. The second-order valence-electron chi connectivity index (χ2n) is 4.79. The normalized spacial score (nSPS) is 11.8. The molecule has 0 spiro atoms. The third-order valence-electron chi connectivity index (χ3n) is 3.03. The van der Waals surface area contributed by atoms with Gasteiger partial charge in [-0.3, -0.25) is 9.59 Å². The number of nitrogens with zero attached hydrogens (tertiary/aromatic N) is 1. The number of benzene rings is 1. The Balaban J connectivity index is 2.82. The zero-order chi connectivity index (χ0) is 14.6. The highest BCUT2D eigenvalue weighted by Gasteiger charge is 2.19. The summed E-state index contributed by atoms with van der Waals surface area (Å²) < 4.78 is 0. The minimum atomic E-state index is -0.259. The summed E-state index contributed by atoms with van der Waals surface area (Å²) >= 11 is 0. The summed E-state index contributed by atoms with van der Waals surface area (Å²) in [7, 11) is 3.25. The highest BCUT2D eigenvalue weighted by molar-refractivity contribution is 5.99. The van der Waals surface area contributed by atoms with E-state index >= 15 is 0 Å². The first-order valence-electron chi connectivity index (χ1n) is 6.20. The average molecular weight is 263 g/mol. The van der Waals surface area contributed by atoms with Crippen molar-refractivity contribution in [1.29, 1.82) is 0 Å². The fourth-order valence-electron chi connectivity index (χ4n) is 1.88. The molecule has 0 aliphatic rings. The largest absolute Gasteiger partial charge is 0.398 e. The molecule has 3 N–H and O–H groups in total. The van der Waals surface area contributed by atoms with Gasteiger partial charge in [0.2, 0.25) is 5.91 Å². The molecular formula is C14H21N3O2. The van der Waals surface area contributed by atoms with Crippen molar-refractivity contribution >= 4 is 17.5 Å². The van der Waals surface area contributed by atoms with E-state index in [4.69, 9.17) is 5.73 Å². The van der Waals surface area contributed by atoms with Crippen LogP contribution in [0, 0.1) is 12.8 Å². The molecule has 0 fully saturated rings. The first-order valence-corrected chi connectivity index (χ1v) is 6.20. The van der Waals surface area contributed by atoms with Gasteiger partial charge in [0.25, 0.3) is 5.91 Å². The van der Waals surface area contributed by atoms with Crippen LogP contribution in [0.2, 0.25) is 0 Å². The molecule has 0 bridgehead atoms. The van der Waals surface area contributed by atoms with Crippen LogP contribution in [0.5, 0.6) is 0 Å². The average Bonchev–Trinajstić information content (AvgIpc) is 2.39. The number of amides is 2. The van der Waals surface area contributed by atoms with Gasteiger partial charge in [-0.05, 0) is 19.1 Å². The number of carbonyl (C=O) groups is 2. The number of carbonyl (C=O) groups excluding carboxylic acids is 2. The standard InChI is InChI=1S/C14H21N3O2/c1-9-5-6-12(15)11(7-9)14(19)17(4)8-10(2)13(18)16-3/h5-7,10H,8,15H2,1-4H3,(H,16,18). The monoisotopic (exact) mass is 263 g/mol. The minimum absolute atomic E-state index is 0.0862. The van der Waals surface area contributed by atoms with E-state index in [0.29, 0.717) is 17.8 Å². The van der Waals surface area contributed by atoms with Gasteiger partial charge >= 0.3 is 0 Å². The molecule has 0 aliphatic carbocycles. The topological polar surface area (TPSA) is 75.4 Å². The molecule has 0 radical (unpaired) electrons. The molecule has 0 heterocycles. The van der Waals surface area contributed by atoms with Gasteiger partial charge in [-0.1, -0.05) is 18.6 Å². The first kappa shape index (κ1) is 15.0. The summed E-state index contributed by atoms with van der Waals surface area (Å²) in [6, 6.07) is 5.34. The van der Waals surface area contributed by atoms with Gasteiger partial charge < -0.3 is 16.0 Å². The lowest BCUT2D eigenvalue weighted by Crippen LogP contribution is -2.37. The van der Waals surface area contributed by atoms with Crippen LogP contribution in [0.15, 0.2) is 18.2 Å². The van der Waals surface area contributed by atoms with Crippen LogP contribution >= 0.6 is 0 Å². The third kappa shape index (κ3) is 3.71. The molecule has 1 atom stereocenters. The second-order valence-corrected chi connectivity index (χ2v) is 4.79. The van der Waals surface area contributed by atoms with Crippen molar-refractivity contribution < 1.29 is 9.59 Å². The number of hydrogen-bond acceptors (Lipinski definition) is 3. The van der Waals surface area contributed by atoms with Crippen LogP contribution < -0.4 is 11.1 Å². The highest BCUT2D eigenvalue weighted by Crippen LogP contribution is 2.16. The molecular weight excluding hydrogens is 242 g/mol. The lowest BCUT2D eigenvalue weighted by molar-refractivity contribution is -0.124. The predicted molar refractivity (Wildman–Crippen MR) is 75.8 cm³/mol. The highest BCUT2D eigenvalue weighted by atomic mass is 16.2. The van der Waals surface area contributed by atoms with Gasteiger partial charge in [-0.25, -0.2) is 0 Å². The summed E-state index contributed by atoms with van der Waals surface area (Å²) in [6.07, 6.45) is 0. The molecule has 5 heteroatoms. The smallest absolute Gasteiger partial charge is 0.255 e. The molecule has 1 aromatic rings. The number of nitrogens with one attached hydrogen (secondary N) is 1. The van der Waals surface area contributed by atoms with Crippen LogP contribution in [-0.4, -0.2) is 37.4 Å². The van der Waals surface area contributed by atoms with Crippen molar-refractivity contribution in [2.24, 2.45) is 5.92 Å². The lowest BCUT2D eigenvalue weighted by atomic mass is 10.1. The van der Waals surface area contributed by atoms with E-state index in [1.54, 1.807) is 33.2 Å². The summed E-state index contributed by atoms with van der Waals surface area (Å²) in [6.45, 7) is 4.04. The van der Waals surface area contributed by atoms with Gasteiger partial charge in [0.15, 0.2) is 0 Å². The first-order chi connectivity index (χ1) is 8.86. The maximum Gasteiger partial charge on any atom is 0.255 e. The second kappa shape index (κ2) is 6.22. The molecule has 0 saturated carbocycles. The van der Waals surface area contributed by atoms with Gasteiger partial charge in [-0.15, -0.1) is 0 Å². The fourth-order valence-corrected chi connectivity index (χ4v) is 1.88. The zero-order valence-electron chi connectivity index (χ0n) is 11.9. The number of hydrogen-bond donors (Lipinski definition) is 2. The van der Waals surface area contributed by atoms with Crippen molar-refractivity contribution in [3.8, 4) is 0 Å². The van der Waals surface area contributed by atoms with E-state index in [9.17, 15) is 9.59 Å². The van der Waals surface area contributed by atoms with E-state index in [1.165, 1.54) is 4.90 Å². The fraction of sp³-hybridized carbons (Fsp3) is 0.429. The Morgan fingerprint density at radius 2 is 2.05 bits per heavy atom. The maximum absolute atomic E-state index is 12.3. The molecule has 0 aromatic heterocycles. The predicted octanol–water partition coefficient (Wildman–Crippen LogP) is 1.03. The number of rotatable bonds is 4. The molecule has 1 rings (SSSR count). The van der Waals surface area contributed by atoms with Crippen molar-refractivity contribution in [3.63, 3.8) is 0 Å². The molecule has 19 heavy (non-hydrogen) atoms. The summed E-state index contributed by atoms with van der Waals surface area (Å²) in [5.74, 6) is -0.515. The van der Waals surface area contributed by atoms with Crippen LogP contribution in [0.3, 0.4) is 0 Å². The van der Waals surface area contributed by atoms with Gasteiger partial charge in [0.05, 0.1) is 11.5 Å². The third-order valence-corrected chi connectivity index (χ3v) is 3.03. The molecule has 0 aliphatic heterocycles.